The normalized spacial score (nSPS) is 15.7. The molecule has 0 aliphatic carbocycles. The molecule has 0 atom stereocenters. The minimum atomic E-state index is -2.47. The summed E-state index contributed by atoms with van der Waals surface area (Å²) < 4.78 is -9.57. The molecule has 0 aromatic carbocycles. The topological polar surface area (TPSA) is 0 Å². The highest BCUT2D eigenvalue weighted by Gasteiger charge is 2.71. The zero-order valence-corrected chi connectivity index (χ0v) is 16.6. The second-order valence-corrected chi connectivity index (χ2v) is 10.0. The summed E-state index contributed by atoms with van der Waals surface area (Å²) in [6.07, 6.45) is 0. The van der Waals surface area contributed by atoms with Crippen LogP contribution in [0.5, 0.6) is 0 Å². The monoisotopic (exact) mass is 492 g/mol. The molecular formula is C6Cl12. The van der Waals surface area contributed by atoms with Crippen molar-refractivity contribution in [2.45, 2.75) is 17.3 Å². The molecule has 0 unspecified atom stereocenters. The predicted octanol–water partition coefficient (Wildman–Crippen LogP) is 7.62. The van der Waals surface area contributed by atoms with Gasteiger partial charge in [-0.3, -0.25) is 0 Å². The average molecular weight is 498 g/mol. The summed E-state index contributed by atoms with van der Waals surface area (Å²) in [5, 5.41) is 0. The first-order chi connectivity index (χ1) is 7.64. The predicted molar refractivity (Wildman–Crippen MR) is 87.6 cm³/mol. The van der Waals surface area contributed by atoms with Crippen molar-refractivity contribution in [1.82, 2.24) is 0 Å². The zero-order chi connectivity index (χ0) is 15.2. The van der Waals surface area contributed by atoms with Gasteiger partial charge in [0.25, 0.3) is 0 Å². The number of hydrogen-bond acceptors (Lipinski definition) is 0. The summed E-state index contributed by atoms with van der Waals surface area (Å²) >= 11 is 68.5. The molecule has 2 radical (unpaired) electrons. The molecule has 0 aliphatic heterocycles. The molecule has 0 rings (SSSR count). The molecule has 0 spiro atoms. The number of halogens is 12. The van der Waals surface area contributed by atoms with Crippen LogP contribution in [0.25, 0.3) is 0 Å². The highest BCUT2D eigenvalue weighted by atomic mass is 35.6. The van der Waals surface area contributed by atoms with Crippen LogP contribution in [0.3, 0.4) is 0 Å². The maximum absolute atomic E-state index is 5.89. The number of alkyl halides is 8. The Morgan fingerprint density at radius 3 is 0.722 bits per heavy atom. The van der Waals surface area contributed by atoms with Gasteiger partial charge >= 0.3 is 0 Å². The molecule has 0 saturated heterocycles. The van der Waals surface area contributed by atoms with Crippen LogP contribution in [-0.4, -0.2) is 17.3 Å². The third-order valence-corrected chi connectivity index (χ3v) is 8.88. The van der Waals surface area contributed by atoms with Gasteiger partial charge in [-0.25, -0.2) is 0 Å². The summed E-state index contributed by atoms with van der Waals surface area (Å²) in [5.41, 5.74) is 0. The summed E-state index contributed by atoms with van der Waals surface area (Å²) in [4.78, 5) is -1.28. The molecule has 12 heteroatoms. The maximum atomic E-state index is 5.89. The zero-order valence-electron chi connectivity index (χ0n) is 7.54. The molecule has 0 saturated carbocycles. The second kappa shape index (κ2) is 6.93. The molecular weight excluding hydrogens is 498 g/mol. The SMILES string of the molecule is Cl[C](Cl)C(Cl)(Cl)C(Cl)(Cl)C(Cl)(Cl)C(Cl)(Cl)[C](Cl)Cl. The molecule has 18 heavy (non-hydrogen) atoms. The highest BCUT2D eigenvalue weighted by molar-refractivity contribution is 6.79. The van der Waals surface area contributed by atoms with Gasteiger partial charge in [0.15, 0.2) is 27.0 Å². The summed E-state index contributed by atoms with van der Waals surface area (Å²) in [6.45, 7) is 0. The van der Waals surface area contributed by atoms with Gasteiger partial charge in [-0.05, 0) is 0 Å². The third-order valence-electron chi connectivity index (χ3n) is 1.66. The molecule has 0 aromatic heterocycles. The standard InChI is InChI=1S/C6Cl12/c7-1(8)3(11,12)5(15,16)6(17,18)4(13,14)2(9)10. The van der Waals surface area contributed by atoms with Crippen molar-refractivity contribution in [3.05, 3.63) is 9.67 Å². The van der Waals surface area contributed by atoms with Crippen LogP contribution in [0.2, 0.25) is 0 Å². The van der Waals surface area contributed by atoms with Crippen molar-refractivity contribution < 1.29 is 0 Å². The van der Waals surface area contributed by atoms with Crippen molar-refractivity contribution >= 4 is 139 Å². The lowest BCUT2D eigenvalue weighted by Crippen LogP contribution is -2.59. The van der Waals surface area contributed by atoms with Crippen molar-refractivity contribution in [3.63, 3.8) is 0 Å². The average Bonchev–Trinajstić information content (AvgIpc) is 2.15. The molecule has 0 fully saturated rings. The number of rotatable bonds is 5. The summed E-state index contributed by atoms with van der Waals surface area (Å²) in [7, 11) is 0. The lowest BCUT2D eigenvalue weighted by Gasteiger charge is -2.46. The van der Waals surface area contributed by atoms with Gasteiger partial charge in [-0.2, -0.15) is 0 Å². The molecule has 0 aromatic rings. The van der Waals surface area contributed by atoms with Crippen LogP contribution >= 0.6 is 139 Å². The Morgan fingerprint density at radius 1 is 0.444 bits per heavy atom. The molecule has 0 heterocycles. The third kappa shape index (κ3) is 3.69. The highest BCUT2D eigenvalue weighted by Crippen LogP contribution is 2.66. The largest absolute Gasteiger partial charge is 0.189 e. The first-order valence-electron chi connectivity index (χ1n) is 3.52. The van der Waals surface area contributed by atoms with Gasteiger partial charge < -0.3 is 0 Å². The van der Waals surface area contributed by atoms with Crippen LogP contribution in [0.15, 0.2) is 0 Å². The van der Waals surface area contributed by atoms with E-state index in [0.717, 1.165) is 0 Å². The fourth-order valence-electron chi connectivity index (χ4n) is 0.632. The van der Waals surface area contributed by atoms with Crippen LogP contribution in [0, 0.1) is 9.67 Å². The van der Waals surface area contributed by atoms with E-state index in [9.17, 15) is 0 Å². The molecule has 0 bridgehead atoms. The smallest absolute Gasteiger partial charge is 0.0946 e. The van der Waals surface area contributed by atoms with Crippen molar-refractivity contribution in [2.75, 3.05) is 0 Å². The lowest BCUT2D eigenvalue weighted by atomic mass is 10.1. The first kappa shape index (κ1) is 21.5. The molecule has 0 aliphatic rings. The van der Waals surface area contributed by atoms with Gasteiger partial charge in [0, 0.05) is 0 Å². The Labute approximate surface area is 164 Å². The molecule has 0 N–H and O–H groups in total. The van der Waals surface area contributed by atoms with Gasteiger partial charge in [-0.15, -0.1) is 0 Å². The quantitative estimate of drug-likeness (QED) is 0.343. The Bertz CT molecular complexity index is 261. The lowest BCUT2D eigenvalue weighted by molar-refractivity contribution is 0.594. The van der Waals surface area contributed by atoms with Gasteiger partial charge in [0.2, 0.25) is 0 Å². The Balaban J connectivity index is 5.74. The second-order valence-electron chi connectivity index (χ2n) is 2.82. The van der Waals surface area contributed by atoms with Crippen LogP contribution in [-0.2, 0) is 0 Å². The fourth-order valence-corrected chi connectivity index (χ4v) is 3.48. The van der Waals surface area contributed by atoms with Crippen molar-refractivity contribution in [3.8, 4) is 0 Å². The van der Waals surface area contributed by atoms with Gasteiger partial charge in [0.1, 0.15) is 0 Å². The molecule has 0 amide bonds. The van der Waals surface area contributed by atoms with E-state index < -0.39 is 27.0 Å². The first-order valence-corrected chi connectivity index (χ1v) is 8.05. The van der Waals surface area contributed by atoms with E-state index in [4.69, 9.17) is 139 Å². The van der Waals surface area contributed by atoms with E-state index in [2.05, 4.69) is 0 Å². The van der Waals surface area contributed by atoms with Crippen molar-refractivity contribution in [2.24, 2.45) is 0 Å². The fraction of sp³-hybridized carbons (Fsp3) is 0.667. The maximum Gasteiger partial charge on any atom is 0.189 e. The van der Waals surface area contributed by atoms with E-state index in [0.29, 0.717) is 0 Å². The Kier molecular flexibility index (Phi) is 8.27. The van der Waals surface area contributed by atoms with E-state index >= 15 is 0 Å². The minimum Gasteiger partial charge on any atom is -0.0946 e. The van der Waals surface area contributed by atoms with E-state index in [1.165, 1.54) is 0 Å². The van der Waals surface area contributed by atoms with Crippen molar-refractivity contribution in [1.29, 1.82) is 0 Å². The van der Waals surface area contributed by atoms with E-state index in [1.54, 1.807) is 0 Å². The van der Waals surface area contributed by atoms with E-state index in [-0.39, 0.29) is 0 Å². The van der Waals surface area contributed by atoms with Crippen LogP contribution < -0.4 is 0 Å². The van der Waals surface area contributed by atoms with Gasteiger partial charge in [-0.1, -0.05) is 139 Å². The van der Waals surface area contributed by atoms with Crippen LogP contribution in [0.1, 0.15) is 0 Å². The Hall–Kier alpha value is 3.48. The molecule has 108 valence electrons. The minimum absolute atomic E-state index is 0.642. The summed E-state index contributed by atoms with van der Waals surface area (Å²) in [6, 6.07) is 0. The number of hydrogen-bond donors (Lipinski definition) is 0. The Morgan fingerprint density at radius 2 is 0.611 bits per heavy atom. The van der Waals surface area contributed by atoms with Gasteiger partial charge in [0.05, 0.1) is 0 Å². The van der Waals surface area contributed by atoms with Crippen LogP contribution in [0.4, 0.5) is 0 Å². The molecule has 0 nitrogen and oxygen atoms in total. The van der Waals surface area contributed by atoms with E-state index in [1.807, 2.05) is 0 Å². The summed E-state index contributed by atoms with van der Waals surface area (Å²) in [5.74, 6) is 0.